The number of nitrogens with zero attached hydrogens (tertiary/aromatic N) is 3. The zero-order valence-electron chi connectivity index (χ0n) is 12.1. The largest absolute Gasteiger partial charge is 0.323 e. The van der Waals surface area contributed by atoms with Crippen LogP contribution in [0.25, 0.3) is 11.0 Å². The molecule has 0 spiro atoms. The fraction of sp³-hybridized carbons (Fsp3) is 0.533. The number of likely N-dealkylation sites (tertiary alicyclic amines) is 1. The monoisotopic (exact) mass is 421 g/mol. The molecule has 1 fully saturated rings. The first-order chi connectivity index (χ1) is 9.97. The minimum atomic E-state index is -0.189. The Kier molecular flexibility index (Phi) is 4.43. The van der Waals surface area contributed by atoms with Crippen molar-refractivity contribution in [3.05, 3.63) is 27.3 Å². The summed E-state index contributed by atoms with van der Waals surface area (Å²) in [6.45, 7) is 4.02. The third-order valence-electron chi connectivity index (χ3n) is 4.17. The summed E-state index contributed by atoms with van der Waals surface area (Å²) >= 11 is 8.32. The minimum absolute atomic E-state index is 0.183. The SMILES string of the molecule is CC(Cl)c1nc2cc(I)c(F)cc2n1C1CCN(C)CC1. The molecule has 0 amide bonds. The van der Waals surface area contributed by atoms with E-state index < -0.39 is 0 Å². The predicted octanol–water partition coefficient (Wildman–Crippen LogP) is 4.35. The molecular formula is C15H18ClFIN3. The number of fused-ring (bicyclic) bond motifs is 1. The van der Waals surface area contributed by atoms with E-state index in [2.05, 4.69) is 21.5 Å². The van der Waals surface area contributed by atoms with Gasteiger partial charge in [-0.25, -0.2) is 9.37 Å². The van der Waals surface area contributed by atoms with E-state index in [1.807, 2.05) is 29.5 Å². The zero-order valence-corrected chi connectivity index (χ0v) is 15.0. The lowest BCUT2D eigenvalue weighted by molar-refractivity contribution is 0.221. The summed E-state index contributed by atoms with van der Waals surface area (Å²) in [6.07, 6.45) is 2.10. The maximum atomic E-state index is 14.0. The average molecular weight is 422 g/mol. The van der Waals surface area contributed by atoms with Crippen LogP contribution < -0.4 is 0 Å². The predicted molar refractivity (Wildman–Crippen MR) is 92.4 cm³/mol. The molecule has 1 saturated heterocycles. The summed E-state index contributed by atoms with van der Waals surface area (Å²) in [5, 5.41) is -0.183. The number of hydrogen-bond acceptors (Lipinski definition) is 2. The Bertz CT molecular complexity index is 662. The first-order valence-corrected chi connectivity index (χ1v) is 8.68. The van der Waals surface area contributed by atoms with Crippen LogP contribution in [0.5, 0.6) is 0 Å². The second-order valence-corrected chi connectivity index (χ2v) is 7.56. The topological polar surface area (TPSA) is 21.1 Å². The molecule has 114 valence electrons. The van der Waals surface area contributed by atoms with Gasteiger partial charge in [0.15, 0.2) is 0 Å². The van der Waals surface area contributed by atoms with Crippen molar-refractivity contribution < 1.29 is 4.39 Å². The fourth-order valence-electron chi connectivity index (χ4n) is 3.03. The second kappa shape index (κ2) is 6.01. The van der Waals surface area contributed by atoms with E-state index in [9.17, 15) is 4.39 Å². The van der Waals surface area contributed by atoms with Crippen molar-refractivity contribution in [2.45, 2.75) is 31.2 Å². The molecule has 3 nitrogen and oxygen atoms in total. The van der Waals surface area contributed by atoms with Gasteiger partial charge in [0.05, 0.1) is 20.0 Å². The van der Waals surface area contributed by atoms with E-state index in [0.29, 0.717) is 9.61 Å². The van der Waals surface area contributed by atoms with Crippen LogP contribution in [-0.2, 0) is 0 Å². The molecule has 3 rings (SSSR count). The average Bonchev–Trinajstić information content (AvgIpc) is 2.79. The third kappa shape index (κ3) is 2.92. The Morgan fingerprint density at radius 1 is 1.38 bits per heavy atom. The van der Waals surface area contributed by atoms with Crippen LogP contribution >= 0.6 is 34.2 Å². The number of piperidine rings is 1. The molecule has 0 bridgehead atoms. The highest BCUT2D eigenvalue weighted by Gasteiger charge is 2.25. The van der Waals surface area contributed by atoms with Crippen molar-refractivity contribution in [3.8, 4) is 0 Å². The van der Waals surface area contributed by atoms with Gasteiger partial charge in [0.25, 0.3) is 0 Å². The Balaban J connectivity index is 2.14. The Morgan fingerprint density at radius 2 is 2.05 bits per heavy atom. The third-order valence-corrected chi connectivity index (χ3v) is 5.19. The van der Waals surface area contributed by atoms with Crippen LogP contribution in [0.15, 0.2) is 12.1 Å². The Morgan fingerprint density at radius 3 is 2.67 bits per heavy atom. The summed E-state index contributed by atoms with van der Waals surface area (Å²) in [5.41, 5.74) is 1.70. The van der Waals surface area contributed by atoms with E-state index >= 15 is 0 Å². The summed E-state index contributed by atoms with van der Waals surface area (Å²) in [5.74, 6) is 0.661. The zero-order chi connectivity index (χ0) is 15.1. The lowest BCUT2D eigenvalue weighted by Crippen LogP contribution is -2.32. The molecule has 1 unspecified atom stereocenters. The van der Waals surface area contributed by atoms with Gasteiger partial charge >= 0.3 is 0 Å². The van der Waals surface area contributed by atoms with Gasteiger partial charge < -0.3 is 9.47 Å². The summed E-state index contributed by atoms with van der Waals surface area (Å²) in [7, 11) is 2.13. The normalized spacial score (nSPS) is 19.3. The van der Waals surface area contributed by atoms with Crippen molar-refractivity contribution >= 4 is 45.2 Å². The molecular weight excluding hydrogens is 404 g/mol. The number of alkyl halides is 1. The van der Waals surface area contributed by atoms with Gasteiger partial charge in [0, 0.05) is 12.1 Å². The number of hydrogen-bond donors (Lipinski definition) is 0. The van der Waals surface area contributed by atoms with Crippen LogP contribution in [-0.4, -0.2) is 34.6 Å². The lowest BCUT2D eigenvalue weighted by Gasteiger charge is -2.31. The molecule has 21 heavy (non-hydrogen) atoms. The smallest absolute Gasteiger partial charge is 0.138 e. The van der Waals surface area contributed by atoms with Crippen LogP contribution in [0, 0.1) is 9.39 Å². The van der Waals surface area contributed by atoms with E-state index in [4.69, 9.17) is 11.6 Å². The lowest BCUT2D eigenvalue weighted by atomic mass is 10.0. The highest BCUT2D eigenvalue weighted by atomic mass is 127. The number of benzene rings is 1. The molecule has 0 saturated carbocycles. The number of rotatable bonds is 2. The molecule has 1 aromatic heterocycles. The van der Waals surface area contributed by atoms with Crippen molar-refractivity contribution in [2.24, 2.45) is 0 Å². The van der Waals surface area contributed by atoms with Crippen LogP contribution in [0.3, 0.4) is 0 Å². The molecule has 2 aromatic rings. The highest BCUT2D eigenvalue weighted by Crippen LogP contribution is 2.33. The van der Waals surface area contributed by atoms with Gasteiger partial charge in [0.1, 0.15) is 11.6 Å². The molecule has 6 heteroatoms. The highest BCUT2D eigenvalue weighted by molar-refractivity contribution is 14.1. The second-order valence-electron chi connectivity index (χ2n) is 5.75. The van der Waals surface area contributed by atoms with Crippen LogP contribution in [0.2, 0.25) is 0 Å². The maximum absolute atomic E-state index is 14.0. The van der Waals surface area contributed by atoms with E-state index in [1.165, 1.54) is 0 Å². The van der Waals surface area contributed by atoms with Crippen molar-refractivity contribution in [1.29, 1.82) is 0 Å². The molecule has 1 atom stereocenters. The van der Waals surface area contributed by atoms with Crippen molar-refractivity contribution in [1.82, 2.24) is 14.5 Å². The molecule has 2 heterocycles. The molecule has 1 aliphatic rings. The van der Waals surface area contributed by atoms with Gasteiger partial charge in [-0.3, -0.25) is 0 Å². The van der Waals surface area contributed by atoms with Crippen LogP contribution in [0.4, 0.5) is 4.39 Å². The minimum Gasteiger partial charge on any atom is -0.323 e. The summed E-state index contributed by atoms with van der Waals surface area (Å²) in [6, 6.07) is 3.76. The van der Waals surface area contributed by atoms with Gasteiger partial charge in [-0.2, -0.15) is 0 Å². The summed E-state index contributed by atoms with van der Waals surface area (Å²) in [4.78, 5) is 6.98. The molecule has 1 aliphatic heterocycles. The summed E-state index contributed by atoms with van der Waals surface area (Å²) < 4.78 is 16.7. The van der Waals surface area contributed by atoms with Gasteiger partial charge in [-0.1, -0.05) is 0 Å². The molecule has 0 aliphatic carbocycles. The standard InChI is InChI=1S/C15H18ClFIN3/c1-9(16)15-19-13-8-12(18)11(17)7-14(13)21(15)10-3-5-20(2)6-4-10/h7-10H,3-6H2,1-2H3. The first-order valence-electron chi connectivity index (χ1n) is 7.17. The molecule has 0 N–H and O–H groups in total. The number of aromatic nitrogens is 2. The molecule has 1 aromatic carbocycles. The Hall–Kier alpha value is -0.400. The number of halogens is 3. The van der Waals surface area contributed by atoms with Gasteiger partial charge in [0.2, 0.25) is 0 Å². The van der Waals surface area contributed by atoms with E-state index in [-0.39, 0.29) is 11.2 Å². The maximum Gasteiger partial charge on any atom is 0.138 e. The number of imidazole rings is 1. The molecule has 0 radical (unpaired) electrons. The Labute approximate surface area is 142 Å². The first kappa shape index (κ1) is 15.5. The van der Waals surface area contributed by atoms with Gasteiger partial charge in [-0.15, -0.1) is 11.6 Å². The quantitative estimate of drug-likeness (QED) is 0.531. The van der Waals surface area contributed by atoms with E-state index in [1.54, 1.807) is 12.1 Å². The van der Waals surface area contributed by atoms with E-state index in [0.717, 1.165) is 42.8 Å². The van der Waals surface area contributed by atoms with Crippen molar-refractivity contribution in [3.63, 3.8) is 0 Å². The van der Waals surface area contributed by atoms with Crippen molar-refractivity contribution in [2.75, 3.05) is 20.1 Å². The van der Waals surface area contributed by atoms with Crippen LogP contribution in [0.1, 0.15) is 37.0 Å². The van der Waals surface area contributed by atoms with Gasteiger partial charge in [-0.05, 0) is 68.6 Å². The fourth-order valence-corrected chi connectivity index (χ4v) is 3.63.